The number of carbonyl (C=O) groups excluding carboxylic acids is 2. The van der Waals surface area contributed by atoms with Crippen molar-refractivity contribution < 1.29 is 27.8 Å². The molecule has 4 heterocycles. The number of alkyl halides is 2. The van der Waals surface area contributed by atoms with Crippen LogP contribution in [0, 0.1) is 0 Å². The molecular formula is C31H34F2N8O4. The van der Waals surface area contributed by atoms with E-state index in [1.165, 1.54) is 4.57 Å². The number of nitrogens with one attached hydrogen (secondary N) is 1. The van der Waals surface area contributed by atoms with Crippen molar-refractivity contribution in [1.29, 1.82) is 0 Å². The second-order valence-electron chi connectivity index (χ2n) is 10.9. The van der Waals surface area contributed by atoms with Crippen LogP contribution in [-0.4, -0.2) is 94.9 Å². The monoisotopic (exact) mass is 620 g/mol. The Morgan fingerprint density at radius 3 is 2.40 bits per heavy atom. The van der Waals surface area contributed by atoms with Crippen molar-refractivity contribution in [3.8, 4) is 5.95 Å². The molecule has 6 rings (SSSR count). The summed E-state index contributed by atoms with van der Waals surface area (Å²) in [7, 11) is 0. The first-order chi connectivity index (χ1) is 21.9. The molecule has 0 aliphatic carbocycles. The zero-order chi connectivity index (χ0) is 31.3. The Labute approximate surface area is 258 Å². The van der Waals surface area contributed by atoms with Crippen LogP contribution in [0.1, 0.15) is 24.7 Å². The zero-order valence-electron chi connectivity index (χ0n) is 24.8. The van der Waals surface area contributed by atoms with Crippen LogP contribution in [0.25, 0.3) is 17.0 Å². The van der Waals surface area contributed by atoms with Gasteiger partial charge in [-0.25, -0.2) is 18.6 Å². The normalized spacial score (nSPS) is 17.2. The van der Waals surface area contributed by atoms with Crippen molar-refractivity contribution in [2.45, 2.75) is 26.0 Å². The number of rotatable bonds is 8. The number of morpholine rings is 1. The summed E-state index contributed by atoms with van der Waals surface area (Å²) in [5.41, 5.74) is 1.75. The van der Waals surface area contributed by atoms with Crippen molar-refractivity contribution >= 4 is 34.7 Å². The Bertz CT molecular complexity index is 1650. The van der Waals surface area contributed by atoms with Crippen LogP contribution >= 0.6 is 0 Å². The van der Waals surface area contributed by atoms with Gasteiger partial charge in [-0.1, -0.05) is 42.5 Å². The van der Waals surface area contributed by atoms with E-state index in [9.17, 15) is 18.4 Å². The number of alkyl carbamates (subject to hydrolysis) is 1. The third-order valence-electron chi connectivity index (χ3n) is 7.87. The fraction of sp³-hybridized carbons (Fsp3) is 0.387. The van der Waals surface area contributed by atoms with Gasteiger partial charge in [0.05, 0.1) is 24.2 Å². The first kappa shape index (κ1) is 30.2. The van der Waals surface area contributed by atoms with Gasteiger partial charge in [-0.3, -0.25) is 9.36 Å². The van der Waals surface area contributed by atoms with Gasteiger partial charge in [-0.15, -0.1) is 0 Å². The molecule has 0 saturated carbocycles. The van der Waals surface area contributed by atoms with Gasteiger partial charge < -0.3 is 29.5 Å². The summed E-state index contributed by atoms with van der Waals surface area (Å²) >= 11 is 0. The average molecular weight is 621 g/mol. The van der Waals surface area contributed by atoms with E-state index in [0.717, 1.165) is 5.56 Å². The molecule has 2 fully saturated rings. The van der Waals surface area contributed by atoms with E-state index in [1.54, 1.807) is 29.2 Å². The van der Waals surface area contributed by atoms with E-state index in [4.69, 9.17) is 19.4 Å². The maximum atomic E-state index is 14.2. The Morgan fingerprint density at radius 1 is 0.956 bits per heavy atom. The minimum absolute atomic E-state index is 0.0994. The third-order valence-corrected chi connectivity index (χ3v) is 7.87. The van der Waals surface area contributed by atoms with Gasteiger partial charge in [0.2, 0.25) is 11.9 Å². The maximum absolute atomic E-state index is 14.2. The van der Waals surface area contributed by atoms with Crippen molar-refractivity contribution in [2.75, 3.05) is 62.3 Å². The summed E-state index contributed by atoms with van der Waals surface area (Å²) in [4.78, 5) is 44.7. The number of benzene rings is 2. The lowest BCUT2D eigenvalue weighted by Gasteiger charge is -2.40. The highest BCUT2D eigenvalue weighted by Crippen LogP contribution is 2.30. The number of piperazine rings is 1. The molecule has 2 saturated heterocycles. The second-order valence-corrected chi connectivity index (χ2v) is 10.9. The highest BCUT2D eigenvalue weighted by atomic mass is 19.3. The van der Waals surface area contributed by atoms with Gasteiger partial charge in [0.25, 0.3) is 6.43 Å². The molecular weight excluding hydrogens is 586 g/mol. The van der Waals surface area contributed by atoms with E-state index in [1.807, 2.05) is 53.1 Å². The number of anilines is 2. The molecule has 1 atom stereocenters. The van der Waals surface area contributed by atoms with Gasteiger partial charge >= 0.3 is 6.09 Å². The topological polar surface area (TPSA) is 118 Å². The lowest BCUT2D eigenvalue weighted by Crippen LogP contribution is -2.56. The van der Waals surface area contributed by atoms with Crippen LogP contribution in [0.5, 0.6) is 0 Å². The first-order valence-electron chi connectivity index (χ1n) is 14.8. The Kier molecular flexibility index (Phi) is 9.01. The Morgan fingerprint density at radius 2 is 1.67 bits per heavy atom. The Balaban J connectivity index is 1.19. The number of imidazole rings is 1. The van der Waals surface area contributed by atoms with Crippen LogP contribution in [0.2, 0.25) is 0 Å². The minimum atomic E-state index is -2.84. The third kappa shape index (κ3) is 6.80. The number of ether oxygens (including phenoxy) is 2. The number of fused-ring (bicyclic) bond motifs is 1. The van der Waals surface area contributed by atoms with Crippen molar-refractivity contribution in [1.82, 2.24) is 29.7 Å². The molecule has 2 aromatic heterocycles. The van der Waals surface area contributed by atoms with Gasteiger partial charge in [-0.05, 0) is 24.6 Å². The summed E-state index contributed by atoms with van der Waals surface area (Å²) in [6.07, 6.45) is -3.51. The lowest BCUT2D eigenvalue weighted by molar-refractivity contribution is -0.132. The Hall–Kier alpha value is -4.85. The smallest absolute Gasteiger partial charge is 0.407 e. The van der Waals surface area contributed by atoms with Gasteiger partial charge in [0.1, 0.15) is 24.8 Å². The van der Waals surface area contributed by atoms with Crippen LogP contribution < -0.4 is 15.1 Å². The van der Waals surface area contributed by atoms with Crippen molar-refractivity contribution in [3.05, 3.63) is 72.1 Å². The zero-order valence-corrected chi connectivity index (χ0v) is 24.8. The molecule has 12 nitrogen and oxygen atoms in total. The van der Waals surface area contributed by atoms with Crippen molar-refractivity contribution in [2.24, 2.45) is 0 Å². The molecule has 4 aromatic rings. The standard InChI is InChI=1S/C31H34F2N8O4/c1-21-19-39(11-12-40(21)27(42)18-34-31(43)45-20-22-7-3-2-4-8-22)26-17-25(38-13-15-44-16-14-38)36-30(37-26)41-24-10-6-5-9-23(24)35-29(41)28(32)33/h2-10,17,21,28H,11-16,18-20H2,1H3,(H,34,43)/t21-/m0/s1. The van der Waals surface area contributed by atoms with E-state index in [-0.39, 0.29) is 31.0 Å². The molecule has 1 N–H and O–H groups in total. The fourth-order valence-corrected chi connectivity index (χ4v) is 5.59. The SMILES string of the molecule is C[C@H]1CN(c2cc(N3CCOCC3)nc(-n3c(C(F)F)nc4ccccc43)n2)CCN1C(=O)CNC(=O)OCc1ccccc1. The summed E-state index contributed by atoms with van der Waals surface area (Å²) in [6.45, 7) is 5.34. The van der Waals surface area contributed by atoms with E-state index in [0.29, 0.717) is 68.6 Å². The number of halogens is 2. The number of para-hydroxylation sites is 2. The predicted octanol–water partition coefficient (Wildman–Crippen LogP) is 3.55. The van der Waals surface area contributed by atoms with E-state index >= 15 is 0 Å². The van der Waals surface area contributed by atoms with Crippen LogP contribution in [0.3, 0.4) is 0 Å². The number of aromatic nitrogens is 4. The second kappa shape index (κ2) is 13.4. The quantitative estimate of drug-likeness (QED) is 0.316. The van der Waals surface area contributed by atoms with Gasteiger partial charge in [-0.2, -0.15) is 9.97 Å². The summed E-state index contributed by atoms with van der Waals surface area (Å²) in [5.74, 6) is 0.589. The fourth-order valence-electron chi connectivity index (χ4n) is 5.59. The van der Waals surface area contributed by atoms with Gasteiger partial charge in [0, 0.05) is 44.8 Å². The van der Waals surface area contributed by atoms with E-state index < -0.39 is 18.3 Å². The number of hydrogen-bond donors (Lipinski definition) is 1. The molecule has 0 bridgehead atoms. The highest BCUT2D eigenvalue weighted by Gasteiger charge is 2.30. The molecule has 0 radical (unpaired) electrons. The van der Waals surface area contributed by atoms with Gasteiger partial charge in [0.15, 0.2) is 5.82 Å². The summed E-state index contributed by atoms with van der Waals surface area (Å²) < 4.78 is 40.5. The molecule has 45 heavy (non-hydrogen) atoms. The molecule has 0 unspecified atom stereocenters. The highest BCUT2D eigenvalue weighted by molar-refractivity contribution is 5.83. The van der Waals surface area contributed by atoms with Crippen LogP contribution in [0.15, 0.2) is 60.7 Å². The number of carbonyl (C=O) groups is 2. The molecule has 0 spiro atoms. The molecule has 2 aliphatic rings. The van der Waals surface area contributed by atoms with Crippen molar-refractivity contribution in [3.63, 3.8) is 0 Å². The minimum Gasteiger partial charge on any atom is -0.445 e. The molecule has 2 aliphatic heterocycles. The largest absolute Gasteiger partial charge is 0.445 e. The number of hydrogen-bond acceptors (Lipinski definition) is 9. The summed E-state index contributed by atoms with van der Waals surface area (Å²) in [6, 6.07) is 17.8. The molecule has 2 amide bonds. The molecule has 14 heteroatoms. The molecule has 236 valence electrons. The average Bonchev–Trinajstić information content (AvgIpc) is 3.47. The summed E-state index contributed by atoms with van der Waals surface area (Å²) in [5, 5.41) is 2.54. The number of nitrogens with zero attached hydrogens (tertiary/aromatic N) is 7. The van der Waals surface area contributed by atoms with Crippen LogP contribution in [0.4, 0.5) is 25.2 Å². The van der Waals surface area contributed by atoms with Crippen LogP contribution in [-0.2, 0) is 20.9 Å². The lowest BCUT2D eigenvalue weighted by atomic mass is 10.2. The first-order valence-corrected chi connectivity index (χ1v) is 14.8. The maximum Gasteiger partial charge on any atom is 0.407 e. The predicted molar refractivity (Wildman–Crippen MR) is 163 cm³/mol. The van der Waals surface area contributed by atoms with E-state index in [2.05, 4.69) is 10.3 Å². The number of amides is 2. The molecule has 2 aromatic carbocycles.